The lowest BCUT2D eigenvalue weighted by atomic mass is 10.1. The molecule has 7 heteroatoms. The molecule has 108 valence electrons. The lowest BCUT2D eigenvalue weighted by molar-refractivity contribution is -0.137. The van der Waals surface area contributed by atoms with Crippen molar-refractivity contribution >= 4 is 16.0 Å². The standard InChI is InChI=1S/C13H15NO5S/c1-19-13(16)10-20(17,18)14-9-12-5-2-4-11(8-12)6-3-7-15/h2,4-5,8,14-15H,7,9-10H2,1H3. The van der Waals surface area contributed by atoms with Crippen LogP contribution in [0.2, 0.25) is 0 Å². The van der Waals surface area contributed by atoms with Crippen molar-refractivity contribution in [1.29, 1.82) is 0 Å². The van der Waals surface area contributed by atoms with Crippen LogP contribution in [0.3, 0.4) is 0 Å². The van der Waals surface area contributed by atoms with Crippen LogP contribution in [0, 0.1) is 11.8 Å². The zero-order valence-corrected chi connectivity index (χ0v) is 11.7. The fourth-order valence-electron chi connectivity index (χ4n) is 1.36. The summed E-state index contributed by atoms with van der Waals surface area (Å²) in [5, 5.41) is 8.61. The average Bonchev–Trinajstić information content (AvgIpc) is 2.43. The number of methoxy groups -OCH3 is 1. The molecule has 0 aliphatic rings. The third-order valence-corrected chi connectivity index (χ3v) is 3.47. The molecule has 1 aromatic rings. The van der Waals surface area contributed by atoms with Gasteiger partial charge in [0, 0.05) is 12.1 Å². The Hall–Kier alpha value is -1.88. The first-order chi connectivity index (χ1) is 9.46. The van der Waals surface area contributed by atoms with Crippen LogP contribution >= 0.6 is 0 Å². The zero-order valence-electron chi connectivity index (χ0n) is 10.9. The van der Waals surface area contributed by atoms with Crippen molar-refractivity contribution in [3.63, 3.8) is 0 Å². The minimum atomic E-state index is -3.72. The third-order valence-electron chi connectivity index (χ3n) is 2.27. The second-order valence-electron chi connectivity index (χ2n) is 3.82. The van der Waals surface area contributed by atoms with E-state index >= 15 is 0 Å². The van der Waals surface area contributed by atoms with E-state index in [4.69, 9.17) is 5.11 Å². The molecule has 0 atom stereocenters. The molecule has 20 heavy (non-hydrogen) atoms. The molecule has 1 rings (SSSR count). The number of hydrogen-bond donors (Lipinski definition) is 2. The van der Waals surface area contributed by atoms with Gasteiger partial charge in [0.05, 0.1) is 7.11 Å². The van der Waals surface area contributed by atoms with Crippen LogP contribution in [0.4, 0.5) is 0 Å². The summed E-state index contributed by atoms with van der Waals surface area (Å²) in [6.45, 7) is -0.191. The number of aliphatic hydroxyl groups is 1. The highest BCUT2D eigenvalue weighted by atomic mass is 32.2. The Kier molecular flexibility index (Phi) is 6.18. The van der Waals surface area contributed by atoms with Gasteiger partial charge in [-0.3, -0.25) is 4.79 Å². The Labute approximate surface area is 117 Å². The Morgan fingerprint density at radius 2 is 2.20 bits per heavy atom. The van der Waals surface area contributed by atoms with Gasteiger partial charge in [-0.1, -0.05) is 24.0 Å². The van der Waals surface area contributed by atoms with Gasteiger partial charge in [-0.05, 0) is 17.7 Å². The van der Waals surface area contributed by atoms with Crippen molar-refractivity contribution < 1.29 is 23.1 Å². The van der Waals surface area contributed by atoms with E-state index in [1.165, 1.54) is 0 Å². The van der Waals surface area contributed by atoms with Crippen LogP contribution < -0.4 is 4.72 Å². The molecule has 0 fully saturated rings. The Morgan fingerprint density at radius 3 is 2.85 bits per heavy atom. The van der Waals surface area contributed by atoms with E-state index in [1.807, 2.05) is 0 Å². The predicted molar refractivity (Wildman–Crippen MR) is 73.0 cm³/mol. The molecule has 6 nitrogen and oxygen atoms in total. The molecular weight excluding hydrogens is 282 g/mol. The predicted octanol–water partition coefficient (Wildman–Crippen LogP) is -0.377. The minimum absolute atomic E-state index is 0.0496. The fourth-order valence-corrected chi connectivity index (χ4v) is 2.28. The van der Waals surface area contributed by atoms with Gasteiger partial charge >= 0.3 is 5.97 Å². The number of carbonyl (C=O) groups excluding carboxylic acids is 1. The normalized spacial score (nSPS) is 10.5. The van der Waals surface area contributed by atoms with E-state index in [2.05, 4.69) is 21.3 Å². The summed E-state index contributed by atoms with van der Waals surface area (Å²) in [7, 11) is -2.60. The average molecular weight is 297 g/mol. The Balaban J connectivity index is 2.68. The molecule has 0 saturated carbocycles. The topological polar surface area (TPSA) is 92.7 Å². The third kappa shape index (κ3) is 5.84. The van der Waals surface area contributed by atoms with Crippen molar-refractivity contribution in [2.75, 3.05) is 19.5 Å². The van der Waals surface area contributed by atoms with Crippen LogP contribution in [0.1, 0.15) is 11.1 Å². The first-order valence-corrected chi connectivity index (χ1v) is 7.35. The summed E-state index contributed by atoms with van der Waals surface area (Å²) in [4.78, 5) is 10.9. The van der Waals surface area contributed by atoms with Gasteiger partial charge < -0.3 is 9.84 Å². The van der Waals surface area contributed by atoms with Gasteiger partial charge in [0.25, 0.3) is 0 Å². The number of carbonyl (C=O) groups is 1. The summed E-state index contributed by atoms with van der Waals surface area (Å²) < 4.78 is 29.7. The summed E-state index contributed by atoms with van der Waals surface area (Å²) in [6.07, 6.45) is 0. The van der Waals surface area contributed by atoms with Crippen molar-refractivity contribution in [1.82, 2.24) is 4.72 Å². The van der Waals surface area contributed by atoms with Gasteiger partial charge in [0.1, 0.15) is 6.61 Å². The van der Waals surface area contributed by atoms with Crippen molar-refractivity contribution in [3.8, 4) is 11.8 Å². The Bertz CT molecular complexity index is 628. The van der Waals surface area contributed by atoms with E-state index in [0.29, 0.717) is 11.1 Å². The maximum Gasteiger partial charge on any atom is 0.322 e. The van der Waals surface area contributed by atoms with Crippen LogP contribution in [-0.4, -0.2) is 39.0 Å². The molecule has 0 bridgehead atoms. The van der Waals surface area contributed by atoms with Crippen LogP contribution in [0.5, 0.6) is 0 Å². The zero-order chi connectivity index (χ0) is 15.0. The molecule has 0 aliphatic carbocycles. The minimum Gasteiger partial charge on any atom is -0.468 e. The molecule has 2 N–H and O–H groups in total. The molecule has 0 radical (unpaired) electrons. The van der Waals surface area contributed by atoms with Gasteiger partial charge in [0.15, 0.2) is 5.75 Å². The molecule has 0 saturated heterocycles. The molecule has 0 unspecified atom stereocenters. The van der Waals surface area contributed by atoms with E-state index in [9.17, 15) is 13.2 Å². The van der Waals surface area contributed by atoms with Crippen molar-refractivity contribution in [3.05, 3.63) is 35.4 Å². The highest BCUT2D eigenvalue weighted by Gasteiger charge is 2.16. The van der Waals surface area contributed by atoms with Gasteiger partial charge in [-0.2, -0.15) is 0 Å². The highest BCUT2D eigenvalue weighted by molar-refractivity contribution is 7.90. The van der Waals surface area contributed by atoms with Crippen molar-refractivity contribution in [2.24, 2.45) is 0 Å². The number of sulfonamides is 1. The number of nitrogens with one attached hydrogen (secondary N) is 1. The van der Waals surface area contributed by atoms with Gasteiger partial charge in [-0.25, -0.2) is 13.1 Å². The summed E-state index contributed by atoms with van der Waals surface area (Å²) in [5.41, 5.74) is 1.37. The largest absolute Gasteiger partial charge is 0.468 e. The smallest absolute Gasteiger partial charge is 0.322 e. The van der Waals surface area contributed by atoms with Crippen molar-refractivity contribution in [2.45, 2.75) is 6.54 Å². The maximum absolute atomic E-state index is 11.6. The lowest BCUT2D eigenvalue weighted by Gasteiger charge is -2.06. The number of aliphatic hydroxyl groups excluding tert-OH is 1. The summed E-state index contributed by atoms with van der Waals surface area (Å²) in [6, 6.07) is 6.90. The first-order valence-electron chi connectivity index (χ1n) is 5.69. The number of ether oxygens (including phenoxy) is 1. The second-order valence-corrected chi connectivity index (χ2v) is 5.62. The monoisotopic (exact) mass is 297 g/mol. The van der Waals surface area contributed by atoms with E-state index in [-0.39, 0.29) is 13.2 Å². The molecule has 0 spiro atoms. The quantitative estimate of drug-likeness (QED) is 0.571. The highest BCUT2D eigenvalue weighted by Crippen LogP contribution is 2.04. The van der Waals surface area contributed by atoms with E-state index in [0.717, 1.165) is 7.11 Å². The molecule has 0 heterocycles. The summed E-state index contributed by atoms with van der Waals surface area (Å²) in [5.74, 6) is 3.69. The molecule has 1 aromatic carbocycles. The number of benzene rings is 1. The SMILES string of the molecule is COC(=O)CS(=O)(=O)NCc1cccc(C#CCO)c1. The van der Waals surface area contributed by atoms with Crippen LogP contribution in [0.25, 0.3) is 0 Å². The molecule has 0 aliphatic heterocycles. The van der Waals surface area contributed by atoms with Crippen LogP contribution in [-0.2, 0) is 26.1 Å². The fraction of sp³-hybridized carbons (Fsp3) is 0.308. The van der Waals surface area contributed by atoms with E-state index < -0.39 is 21.7 Å². The maximum atomic E-state index is 11.6. The second kappa shape index (κ2) is 7.65. The van der Waals surface area contributed by atoms with E-state index in [1.54, 1.807) is 24.3 Å². The number of esters is 1. The summed E-state index contributed by atoms with van der Waals surface area (Å²) >= 11 is 0. The Morgan fingerprint density at radius 1 is 1.45 bits per heavy atom. The molecule has 0 aromatic heterocycles. The molecular formula is C13H15NO5S. The lowest BCUT2D eigenvalue weighted by Crippen LogP contribution is -2.30. The number of rotatable bonds is 5. The first kappa shape index (κ1) is 16.2. The number of hydrogen-bond acceptors (Lipinski definition) is 5. The van der Waals surface area contributed by atoms with Gasteiger partial charge in [0.2, 0.25) is 10.0 Å². The van der Waals surface area contributed by atoms with Gasteiger partial charge in [-0.15, -0.1) is 0 Å². The van der Waals surface area contributed by atoms with Crippen LogP contribution in [0.15, 0.2) is 24.3 Å². The molecule has 0 amide bonds.